The van der Waals surface area contributed by atoms with Crippen molar-refractivity contribution in [1.29, 1.82) is 0 Å². The Kier molecular flexibility index (Phi) is 2.31. The van der Waals surface area contributed by atoms with Crippen LogP contribution in [0.2, 0.25) is 0 Å². The minimum absolute atomic E-state index is 0.127. The van der Waals surface area contributed by atoms with Gasteiger partial charge in [0.2, 0.25) is 0 Å². The first-order valence-corrected chi connectivity index (χ1v) is 4.82. The van der Waals surface area contributed by atoms with Gasteiger partial charge < -0.3 is 5.32 Å². The molecule has 7 nitrogen and oxygen atoms in total. The van der Waals surface area contributed by atoms with Gasteiger partial charge in [0.1, 0.15) is 5.54 Å². The quantitative estimate of drug-likeness (QED) is 0.446. The van der Waals surface area contributed by atoms with Crippen LogP contribution in [-0.2, 0) is 10.3 Å². The van der Waals surface area contributed by atoms with E-state index in [0.717, 1.165) is 0 Å². The highest BCUT2D eigenvalue weighted by Gasteiger charge is 2.43. The van der Waals surface area contributed by atoms with Gasteiger partial charge in [0.05, 0.1) is 4.92 Å². The monoisotopic (exact) mass is 235 g/mol. The molecule has 1 aliphatic rings. The van der Waals surface area contributed by atoms with Crippen molar-refractivity contribution in [2.45, 2.75) is 12.5 Å². The predicted octanol–water partition coefficient (Wildman–Crippen LogP) is 0.649. The van der Waals surface area contributed by atoms with Crippen molar-refractivity contribution in [1.82, 2.24) is 10.6 Å². The summed E-state index contributed by atoms with van der Waals surface area (Å²) in [6.45, 7) is 1.49. The standard InChI is InChI=1S/C10H9N3O4/c1-10(8(14)11-9(15)12-10)6-3-2-4-7(5-6)13(16)17/h2-5H,1H3,(H2,11,12,14,15)/t10-/m1/s1. The van der Waals surface area contributed by atoms with Crippen molar-refractivity contribution in [2.75, 3.05) is 0 Å². The molecule has 2 rings (SSSR count). The average molecular weight is 235 g/mol. The smallest absolute Gasteiger partial charge is 0.320 e. The van der Waals surface area contributed by atoms with E-state index < -0.39 is 22.4 Å². The van der Waals surface area contributed by atoms with Gasteiger partial charge in [-0.05, 0) is 12.5 Å². The summed E-state index contributed by atoms with van der Waals surface area (Å²) >= 11 is 0. The number of nitro benzene ring substituents is 1. The van der Waals surface area contributed by atoms with Crippen molar-refractivity contribution in [2.24, 2.45) is 0 Å². The second-order valence-corrected chi connectivity index (χ2v) is 3.84. The van der Waals surface area contributed by atoms with Crippen LogP contribution in [0.5, 0.6) is 0 Å². The van der Waals surface area contributed by atoms with Crippen LogP contribution in [0.3, 0.4) is 0 Å². The lowest BCUT2D eigenvalue weighted by Gasteiger charge is -2.20. The number of carbonyl (C=O) groups excluding carboxylic acids is 2. The molecule has 0 unspecified atom stereocenters. The van der Waals surface area contributed by atoms with Crippen LogP contribution in [0, 0.1) is 10.1 Å². The van der Waals surface area contributed by atoms with E-state index in [-0.39, 0.29) is 5.69 Å². The molecule has 1 atom stereocenters. The number of carbonyl (C=O) groups is 2. The van der Waals surface area contributed by atoms with Crippen molar-refractivity contribution in [3.8, 4) is 0 Å². The van der Waals surface area contributed by atoms with Gasteiger partial charge in [-0.1, -0.05) is 12.1 Å². The zero-order valence-corrected chi connectivity index (χ0v) is 8.89. The molecule has 3 amide bonds. The lowest BCUT2D eigenvalue weighted by molar-refractivity contribution is -0.385. The largest absolute Gasteiger partial charge is 0.322 e. The van der Waals surface area contributed by atoms with Crippen LogP contribution in [0.4, 0.5) is 10.5 Å². The highest BCUT2D eigenvalue weighted by Crippen LogP contribution is 2.26. The fourth-order valence-electron chi connectivity index (χ4n) is 1.68. The summed E-state index contributed by atoms with van der Waals surface area (Å²) in [5, 5.41) is 15.2. The van der Waals surface area contributed by atoms with E-state index in [1.165, 1.54) is 25.1 Å². The summed E-state index contributed by atoms with van der Waals surface area (Å²) in [5.74, 6) is -0.525. The first-order valence-electron chi connectivity index (χ1n) is 4.82. The van der Waals surface area contributed by atoms with Crippen molar-refractivity contribution >= 4 is 17.6 Å². The number of rotatable bonds is 2. The molecule has 0 saturated carbocycles. The number of amides is 3. The Morgan fingerprint density at radius 1 is 1.35 bits per heavy atom. The zero-order valence-electron chi connectivity index (χ0n) is 8.89. The Morgan fingerprint density at radius 2 is 2.06 bits per heavy atom. The van der Waals surface area contributed by atoms with Gasteiger partial charge in [0, 0.05) is 12.1 Å². The van der Waals surface area contributed by atoms with E-state index in [2.05, 4.69) is 10.6 Å². The number of nitrogens with zero attached hydrogens (tertiary/aromatic N) is 1. The first-order chi connectivity index (χ1) is 7.93. The van der Waals surface area contributed by atoms with Crippen molar-refractivity contribution in [3.63, 3.8) is 0 Å². The van der Waals surface area contributed by atoms with Gasteiger partial charge in [0.15, 0.2) is 0 Å². The van der Waals surface area contributed by atoms with Crippen LogP contribution in [0.1, 0.15) is 12.5 Å². The van der Waals surface area contributed by atoms with Crippen molar-refractivity contribution < 1.29 is 14.5 Å². The molecule has 0 aromatic heterocycles. The normalized spacial score (nSPS) is 23.1. The zero-order chi connectivity index (χ0) is 12.6. The maximum atomic E-state index is 11.6. The average Bonchev–Trinajstić information content (AvgIpc) is 2.54. The van der Waals surface area contributed by atoms with Gasteiger partial charge >= 0.3 is 6.03 Å². The van der Waals surface area contributed by atoms with Crippen molar-refractivity contribution in [3.05, 3.63) is 39.9 Å². The number of hydrogen-bond donors (Lipinski definition) is 2. The van der Waals surface area contributed by atoms with Crippen LogP contribution in [-0.4, -0.2) is 16.9 Å². The fraction of sp³-hybridized carbons (Fsp3) is 0.200. The topological polar surface area (TPSA) is 101 Å². The van der Waals surface area contributed by atoms with Gasteiger partial charge in [-0.25, -0.2) is 4.79 Å². The summed E-state index contributed by atoms with van der Waals surface area (Å²) in [5.41, 5.74) is -1.02. The molecule has 1 saturated heterocycles. The number of hydrogen-bond acceptors (Lipinski definition) is 4. The van der Waals surface area contributed by atoms with Gasteiger partial charge in [-0.2, -0.15) is 0 Å². The molecule has 1 fully saturated rings. The highest BCUT2D eigenvalue weighted by molar-refractivity contribution is 6.07. The van der Waals surface area contributed by atoms with E-state index in [1.807, 2.05) is 0 Å². The maximum absolute atomic E-state index is 11.6. The predicted molar refractivity (Wildman–Crippen MR) is 57.1 cm³/mol. The number of imide groups is 1. The molecule has 7 heteroatoms. The fourth-order valence-corrected chi connectivity index (χ4v) is 1.68. The molecule has 1 aromatic rings. The maximum Gasteiger partial charge on any atom is 0.322 e. The highest BCUT2D eigenvalue weighted by atomic mass is 16.6. The Hall–Kier alpha value is -2.44. The van der Waals surface area contributed by atoms with E-state index in [4.69, 9.17) is 0 Å². The molecule has 2 N–H and O–H groups in total. The summed E-state index contributed by atoms with van der Waals surface area (Å²) in [6, 6.07) is 5.01. The lowest BCUT2D eigenvalue weighted by Crippen LogP contribution is -2.40. The summed E-state index contributed by atoms with van der Waals surface area (Å²) < 4.78 is 0. The molecule has 1 heterocycles. The van der Waals surface area contributed by atoms with E-state index in [0.29, 0.717) is 5.56 Å². The molecule has 1 aliphatic heterocycles. The number of urea groups is 1. The Balaban J connectivity index is 2.47. The van der Waals surface area contributed by atoms with Gasteiger partial charge in [-0.15, -0.1) is 0 Å². The molecular formula is C10H9N3O4. The molecule has 1 aromatic carbocycles. The minimum Gasteiger partial charge on any atom is -0.320 e. The molecule has 0 aliphatic carbocycles. The molecular weight excluding hydrogens is 226 g/mol. The second-order valence-electron chi connectivity index (χ2n) is 3.84. The van der Waals surface area contributed by atoms with E-state index >= 15 is 0 Å². The third-order valence-electron chi connectivity index (χ3n) is 2.68. The molecule has 0 radical (unpaired) electrons. The Labute approximate surface area is 96.0 Å². The summed E-state index contributed by atoms with van der Waals surface area (Å²) in [7, 11) is 0. The number of nitrogens with one attached hydrogen (secondary N) is 2. The van der Waals surface area contributed by atoms with Crippen LogP contribution >= 0.6 is 0 Å². The van der Waals surface area contributed by atoms with Crippen LogP contribution < -0.4 is 10.6 Å². The minimum atomic E-state index is -1.26. The third kappa shape index (κ3) is 1.71. The second kappa shape index (κ2) is 3.55. The van der Waals surface area contributed by atoms with E-state index in [9.17, 15) is 19.7 Å². The van der Waals surface area contributed by atoms with Crippen LogP contribution in [0.15, 0.2) is 24.3 Å². The SMILES string of the molecule is C[C@]1(c2cccc([N+](=O)[O-])c2)NC(=O)NC1=O. The molecule has 0 spiro atoms. The number of benzene rings is 1. The molecule has 17 heavy (non-hydrogen) atoms. The van der Waals surface area contributed by atoms with Gasteiger partial charge in [-0.3, -0.25) is 20.2 Å². The third-order valence-corrected chi connectivity index (χ3v) is 2.68. The van der Waals surface area contributed by atoms with E-state index in [1.54, 1.807) is 6.07 Å². The van der Waals surface area contributed by atoms with Crippen LogP contribution in [0.25, 0.3) is 0 Å². The summed E-state index contributed by atoms with van der Waals surface area (Å²) in [6.07, 6.45) is 0. The molecule has 88 valence electrons. The first kappa shape index (κ1) is 11.1. The lowest BCUT2D eigenvalue weighted by atomic mass is 9.92. The Bertz CT molecular complexity index is 528. The summed E-state index contributed by atoms with van der Waals surface area (Å²) in [4.78, 5) is 32.8. The molecule has 0 bridgehead atoms. The Morgan fingerprint density at radius 3 is 2.59 bits per heavy atom. The number of non-ortho nitro benzene ring substituents is 1. The van der Waals surface area contributed by atoms with Gasteiger partial charge in [0.25, 0.3) is 11.6 Å². The number of nitro groups is 1.